The van der Waals surface area contributed by atoms with Gasteiger partial charge in [-0.05, 0) is 61.2 Å². The van der Waals surface area contributed by atoms with Crippen LogP contribution in [-0.4, -0.2) is 23.0 Å². The van der Waals surface area contributed by atoms with E-state index in [2.05, 4.69) is 61.8 Å². The van der Waals surface area contributed by atoms with Crippen LogP contribution >= 0.6 is 0 Å². The summed E-state index contributed by atoms with van der Waals surface area (Å²) in [5.41, 5.74) is 3.02. The Balaban J connectivity index is 1.74. The molecule has 0 unspecified atom stereocenters. The monoisotopic (exact) mass is 296 g/mol. The number of piperidine rings is 1. The highest BCUT2D eigenvalue weighted by molar-refractivity contribution is 5.87. The van der Waals surface area contributed by atoms with E-state index in [9.17, 15) is 0 Å². The highest BCUT2D eigenvalue weighted by atomic mass is 15.1. The van der Waals surface area contributed by atoms with Crippen LogP contribution in [0, 0.1) is 18.3 Å². The summed E-state index contributed by atoms with van der Waals surface area (Å²) in [6.45, 7) is 12.8. The molecule has 1 saturated heterocycles. The Hall–Kier alpha value is -1.41. The Labute approximate surface area is 134 Å². The van der Waals surface area contributed by atoms with Gasteiger partial charge in [-0.2, -0.15) is 0 Å². The van der Waals surface area contributed by atoms with E-state index >= 15 is 0 Å². The predicted octanol–water partition coefficient (Wildman–Crippen LogP) is 4.80. The average molecular weight is 296 g/mol. The maximum absolute atomic E-state index is 4.42. The fourth-order valence-corrected chi connectivity index (χ4v) is 3.75. The van der Waals surface area contributed by atoms with E-state index in [0.29, 0.717) is 5.41 Å². The van der Waals surface area contributed by atoms with Crippen molar-refractivity contribution < 1.29 is 0 Å². The van der Waals surface area contributed by atoms with E-state index in [0.717, 1.165) is 18.2 Å². The molecule has 2 heteroatoms. The van der Waals surface area contributed by atoms with E-state index in [4.69, 9.17) is 0 Å². The van der Waals surface area contributed by atoms with Crippen molar-refractivity contribution in [2.45, 2.75) is 47.1 Å². The van der Waals surface area contributed by atoms with Gasteiger partial charge in [0.25, 0.3) is 0 Å². The first-order valence-electron chi connectivity index (χ1n) is 8.51. The second-order valence-corrected chi connectivity index (χ2v) is 7.83. The molecule has 0 saturated carbocycles. The van der Waals surface area contributed by atoms with Crippen LogP contribution in [0.1, 0.15) is 44.9 Å². The van der Waals surface area contributed by atoms with Gasteiger partial charge in [-0.1, -0.05) is 39.0 Å². The van der Waals surface area contributed by atoms with Gasteiger partial charge in [0.1, 0.15) is 0 Å². The van der Waals surface area contributed by atoms with Gasteiger partial charge in [0.2, 0.25) is 0 Å². The van der Waals surface area contributed by atoms with E-state index in [1.807, 2.05) is 6.20 Å². The van der Waals surface area contributed by atoms with Gasteiger partial charge >= 0.3 is 0 Å². The van der Waals surface area contributed by atoms with Crippen LogP contribution in [0.5, 0.6) is 0 Å². The number of aryl methyl sites for hydroxylation is 1. The summed E-state index contributed by atoms with van der Waals surface area (Å²) in [5, 5.41) is 2.66. The van der Waals surface area contributed by atoms with Crippen molar-refractivity contribution in [3.8, 4) is 0 Å². The third-order valence-electron chi connectivity index (χ3n) is 5.30. The van der Waals surface area contributed by atoms with Crippen molar-refractivity contribution in [2.24, 2.45) is 11.3 Å². The fraction of sp³-hybridized carbons (Fsp3) is 0.550. The number of aromatic nitrogens is 1. The van der Waals surface area contributed by atoms with Gasteiger partial charge in [0, 0.05) is 23.8 Å². The molecule has 1 aliphatic heterocycles. The normalized spacial score (nSPS) is 18.0. The molecule has 1 fully saturated rings. The quantitative estimate of drug-likeness (QED) is 0.791. The zero-order chi connectivity index (χ0) is 15.7. The molecule has 0 atom stereocenters. The number of rotatable bonds is 2. The van der Waals surface area contributed by atoms with Crippen LogP contribution in [-0.2, 0) is 6.54 Å². The summed E-state index contributed by atoms with van der Waals surface area (Å²) in [6.07, 6.45) is 4.59. The Kier molecular flexibility index (Phi) is 4.22. The molecular weight excluding hydrogens is 268 g/mol. The van der Waals surface area contributed by atoms with Gasteiger partial charge in [-0.25, -0.2) is 0 Å². The van der Waals surface area contributed by atoms with Crippen molar-refractivity contribution in [3.63, 3.8) is 0 Å². The molecule has 0 radical (unpaired) electrons. The number of hydrogen-bond acceptors (Lipinski definition) is 2. The maximum Gasteiger partial charge on any atom is 0.0451 e. The average Bonchev–Trinajstić information content (AvgIpc) is 2.48. The Morgan fingerprint density at radius 2 is 1.82 bits per heavy atom. The van der Waals surface area contributed by atoms with Gasteiger partial charge in [0.15, 0.2) is 0 Å². The molecule has 2 heterocycles. The van der Waals surface area contributed by atoms with Gasteiger partial charge in [-0.15, -0.1) is 0 Å². The number of pyridine rings is 1. The number of nitrogens with zero attached hydrogens (tertiary/aromatic N) is 2. The summed E-state index contributed by atoms with van der Waals surface area (Å²) in [4.78, 5) is 7.04. The molecule has 0 bridgehead atoms. The van der Waals surface area contributed by atoms with Gasteiger partial charge in [0.05, 0.1) is 0 Å². The van der Waals surface area contributed by atoms with E-state index in [1.54, 1.807) is 0 Å². The fourth-order valence-electron chi connectivity index (χ4n) is 3.75. The molecule has 0 amide bonds. The standard InChI is InChI=1S/C20H28N2/c1-15-18-7-5-6-16(19(18)8-11-21-15)14-22-12-9-17(10-13-22)20(2,3)4/h5-8,11,17H,9-10,12-14H2,1-4H3. The Bertz CT molecular complexity index is 646. The van der Waals surface area contributed by atoms with Crippen molar-refractivity contribution in [1.82, 2.24) is 9.88 Å². The lowest BCUT2D eigenvalue weighted by molar-refractivity contribution is 0.108. The molecule has 2 aromatic rings. The highest BCUT2D eigenvalue weighted by Crippen LogP contribution is 2.34. The Morgan fingerprint density at radius 3 is 2.50 bits per heavy atom. The molecule has 1 aliphatic rings. The zero-order valence-electron chi connectivity index (χ0n) is 14.4. The summed E-state index contributed by atoms with van der Waals surface area (Å²) in [6, 6.07) is 8.80. The first-order valence-corrected chi connectivity index (χ1v) is 8.51. The van der Waals surface area contributed by atoms with Crippen LogP contribution in [0.4, 0.5) is 0 Å². The summed E-state index contributed by atoms with van der Waals surface area (Å²) < 4.78 is 0. The first-order chi connectivity index (χ1) is 10.4. The van der Waals surface area contributed by atoms with Crippen LogP contribution in [0.2, 0.25) is 0 Å². The van der Waals surface area contributed by atoms with Crippen LogP contribution in [0.15, 0.2) is 30.5 Å². The SMILES string of the molecule is Cc1nccc2c(CN3CCC(C(C)(C)C)CC3)cccc12. The number of benzene rings is 1. The minimum Gasteiger partial charge on any atom is -0.299 e. The molecule has 0 aliphatic carbocycles. The highest BCUT2D eigenvalue weighted by Gasteiger charge is 2.28. The molecule has 1 aromatic carbocycles. The lowest BCUT2D eigenvalue weighted by Crippen LogP contribution is -2.37. The summed E-state index contributed by atoms with van der Waals surface area (Å²) >= 11 is 0. The van der Waals surface area contributed by atoms with Crippen molar-refractivity contribution in [1.29, 1.82) is 0 Å². The number of hydrogen-bond donors (Lipinski definition) is 0. The van der Waals surface area contributed by atoms with E-state index in [-0.39, 0.29) is 0 Å². The zero-order valence-corrected chi connectivity index (χ0v) is 14.4. The number of fused-ring (bicyclic) bond motifs is 1. The maximum atomic E-state index is 4.42. The lowest BCUT2D eigenvalue weighted by atomic mass is 9.75. The molecule has 2 nitrogen and oxygen atoms in total. The van der Waals surface area contributed by atoms with Crippen LogP contribution in [0.3, 0.4) is 0 Å². The predicted molar refractivity (Wildman–Crippen MR) is 93.9 cm³/mol. The molecule has 3 rings (SSSR count). The summed E-state index contributed by atoms with van der Waals surface area (Å²) in [5.74, 6) is 0.864. The number of likely N-dealkylation sites (tertiary alicyclic amines) is 1. The molecule has 1 aromatic heterocycles. The third-order valence-corrected chi connectivity index (χ3v) is 5.30. The lowest BCUT2D eigenvalue weighted by Gasteiger charge is -2.38. The second-order valence-electron chi connectivity index (χ2n) is 7.83. The van der Waals surface area contributed by atoms with Crippen molar-refractivity contribution >= 4 is 10.8 Å². The first kappa shape index (κ1) is 15.5. The van der Waals surface area contributed by atoms with Gasteiger partial charge in [-0.3, -0.25) is 9.88 Å². The molecule has 0 spiro atoms. The molecule has 118 valence electrons. The molecule has 22 heavy (non-hydrogen) atoms. The topological polar surface area (TPSA) is 16.1 Å². The minimum atomic E-state index is 0.453. The van der Waals surface area contributed by atoms with Crippen molar-refractivity contribution in [2.75, 3.05) is 13.1 Å². The molecular formula is C20H28N2. The third kappa shape index (κ3) is 3.17. The van der Waals surface area contributed by atoms with Crippen LogP contribution in [0.25, 0.3) is 10.8 Å². The largest absolute Gasteiger partial charge is 0.299 e. The molecule has 0 N–H and O–H groups in total. The smallest absolute Gasteiger partial charge is 0.0451 e. The van der Waals surface area contributed by atoms with Crippen molar-refractivity contribution in [3.05, 3.63) is 41.7 Å². The van der Waals surface area contributed by atoms with Crippen LogP contribution < -0.4 is 0 Å². The minimum absolute atomic E-state index is 0.453. The van der Waals surface area contributed by atoms with Gasteiger partial charge < -0.3 is 0 Å². The Morgan fingerprint density at radius 1 is 1.09 bits per heavy atom. The van der Waals surface area contributed by atoms with E-state index < -0.39 is 0 Å². The van der Waals surface area contributed by atoms with E-state index in [1.165, 1.54) is 42.3 Å². The second kappa shape index (κ2) is 6.00. The summed E-state index contributed by atoms with van der Waals surface area (Å²) in [7, 11) is 0.